The van der Waals surface area contributed by atoms with Crippen LogP contribution in [0.15, 0.2) is 46.5 Å². The van der Waals surface area contributed by atoms with Gasteiger partial charge in [0.1, 0.15) is 11.6 Å². The van der Waals surface area contributed by atoms with Crippen LogP contribution in [0.4, 0.5) is 8.78 Å². The standard InChI is InChI=1S/C21H15F2N5O2/c1-27-17-10-25-16-7-18(30-2)13(11-3-4-24-8-11)6-14(16)19(17)28(21(27)29)20-15(23)5-12(22)9-26-20/h3,5-10H,4H2,1-2H3. The molecule has 7 nitrogen and oxygen atoms in total. The van der Waals surface area contributed by atoms with E-state index in [1.54, 1.807) is 26.4 Å². The van der Waals surface area contributed by atoms with E-state index in [9.17, 15) is 13.6 Å². The summed E-state index contributed by atoms with van der Waals surface area (Å²) in [4.78, 5) is 25.5. The first kappa shape index (κ1) is 18.2. The van der Waals surface area contributed by atoms with E-state index in [2.05, 4.69) is 15.0 Å². The van der Waals surface area contributed by atoms with Crippen molar-refractivity contribution in [2.24, 2.45) is 12.0 Å². The van der Waals surface area contributed by atoms with Gasteiger partial charge < -0.3 is 4.74 Å². The first-order valence-corrected chi connectivity index (χ1v) is 9.09. The third-order valence-corrected chi connectivity index (χ3v) is 5.16. The van der Waals surface area contributed by atoms with Crippen LogP contribution < -0.4 is 10.4 Å². The summed E-state index contributed by atoms with van der Waals surface area (Å²) in [5.74, 6) is -1.44. The van der Waals surface area contributed by atoms with E-state index in [0.717, 1.165) is 21.9 Å². The second-order valence-corrected chi connectivity index (χ2v) is 6.85. The van der Waals surface area contributed by atoms with Crippen LogP contribution in [-0.4, -0.2) is 39.0 Å². The van der Waals surface area contributed by atoms with Gasteiger partial charge in [-0.3, -0.25) is 14.5 Å². The van der Waals surface area contributed by atoms with Crippen molar-refractivity contribution in [1.82, 2.24) is 19.1 Å². The number of hydrogen-bond donors (Lipinski definition) is 0. The normalized spacial score (nSPS) is 13.4. The molecule has 0 aliphatic carbocycles. The maximum Gasteiger partial charge on any atom is 0.334 e. The molecule has 1 aromatic carbocycles. The van der Waals surface area contributed by atoms with Crippen LogP contribution >= 0.6 is 0 Å². The van der Waals surface area contributed by atoms with Gasteiger partial charge in [0.05, 0.1) is 42.6 Å². The molecule has 4 heterocycles. The molecule has 0 spiro atoms. The zero-order chi connectivity index (χ0) is 21.0. The molecule has 4 aromatic rings. The highest BCUT2D eigenvalue weighted by atomic mass is 19.1. The second-order valence-electron chi connectivity index (χ2n) is 6.85. The maximum atomic E-state index is 14.6. The number of fused-ring (bicyclic) bond motifs is 3. The number of ether oxygens (including phenoxy) is 1. The molecule has 0 unspecified atom stereocenters. The van der Waals surface area contributed by atoms with Crippen LogP contribution in [-0.2, 0) is 7.05 Å². The SMILES string of the molecule is COc1cc2ncc3c(c2cc1C1=CCN=C1)n(-c1ncc(F)cc1F)c(=O)n3C. The number of aromatic nitrogens is 4. The predicted octanol–water partition coefficient (Wildman–Crippen LogP) is 3.03. The van der Waals surface area contributed by atoms with E-state index >= 15 is 0 Å². The average molecular weight is 407 g/mol. The average Bonchev–Trinajstić information content (AvgIpc) is 3.35. The van der Waals surface area contributed by atoms with Gasteiger partial charge in [0.25, 0.3) is 0 Å². The molecule has 30 heavy (non-hydrogen) atoms. The Morgan fingerprint density at radius 1 is 1.13 bits per heavy atom. The Morgan fingerprint density at radius 2 is 1.97 bits per heavy atom. The van der Waals surface area contributed by atoms with Crippen molar-refractivity contribution in [3.05, 3.63) is 64.4 Å². The molecule has 150 valence electrons. The van der Waals surface area contributed by atoms with Crippen LogP contribution in [0.2, 0.25) is 0 Å². The van der Waals surface area contributed by atoms with Gasteiger partial charge in [-0.05, 0) is 6.07 Å². The highest BCUT2D eigenvalue weighted by Gasteiger charge is 2.21. The molecule has 1 aliphatic heterocycles. The Kier molecular flexibility index (Phi) is 3.99. The maximum absolute atomic E-state index is 14.6. The number of imidazole rings is 1. The summed E-state index contributed by atoms with van der Waals surface area (Å²) >= 11 is 0. The fourth-order valence-electron chi connectivity index (χ4n) is 3.72. The summed E-state index contributed by atoms with van der Waals surface area (Å²) in [6, 6.07) is 4.29. The number of aryl methyl sites for hydroxylation is 1. The zero-order valence-electron chi connectivity index (χ0n) is 16.1. The summed E-state index contributed by atoms with van der Waals surface area (Å²) in [6.45, 7) is 0.569. The largest absolute Gasteiger partial charge is 0.496 e. The van der Waals surface area contributed by atoms with Crippen LogP contribution in [0.25, 0.3) is 33.3 Å². The molecule has 3 aromatic heterocycles. The minimum atomic E-state index is -0.936. The Bertz CT molecular complexity index is 1470. The van der Waals surface area contributed by atoms with Gasteiger partial charge >= 0.3 is 5.69 Å². The monoisotopic (exact) mass is 407 g/mol. The highest BCUT2D eigenvalue weighted by molar-refractivity contribution is 6.15. The Morgan fingerprint density at radius 3 is 2.67 bits per heavy atom. The van der Waals surface area contributed by atoms with E-state index in [1.165, 1.54) is 10.8 Å². The minimum Gasteiger partial charge on any atom is -0.496 e. The first-order valence-electron chi connectivity index (χ1n) is 9.09. The van der Waals surface area contributed by atoms with Gasteiger partial charge in [-0.1, -0.05) is 6.08 Å². The molecular formula is C21H15F2N5O2. The molecule has 1 aliphatic rings. The lowest BCUT2D eigenvalue weighted by Crippen LogP contribution is -2.22. The quantitative estimate of drug-likeness (QED) is 0.523. The second kappa shape index (κ2) is 6.58. The number of benzene rings is 1. The van der Waals surface area contributed by atoms with Gasteiger partial charge in [-0.25, -0.2) is 23.1 Å². The lowest BCUT2D eigenvalue weighted by Gasteiger charge is -2.11. The Labute approximate surface area is 168 Å². The van der Waals surface area contributed by atoms with Crippen molar-refractivity contribution < 1.29 is 13.5 Å². The summed E-state index contributed by atoms with van der Waals surface area (Å²) in [7, 11) is 3.12. The fourth-order valence-corrected chi connectivity index (χ4v) is 3.72. The van der Waals surface area contributed by atoms with Gasteiger partial charge in [-0.2, -0.15) is 0 Å². The van der Waals surface area contributed by atoms with Gasteiger partial charge in [-0.15, -0.1) is 0 Å². The number of aliphatic imine (C=N–C) groups is 1. The number of halogens is 2. The number of methoxy groups -OCH3 is 1. The molecule has 0 fully saturated rings. The van der Waals surface area contributed by atoms with Gasteiger partial charge in [0.15, 0.2) is 11.6 Å². The zero-order valence-corrected chi connectivity index (χ0v) is 16.1. The van der Waals surface area contributed by atoms with E-state index in [-0.39, 0.29) is 5.82 Å². The minimum absolute atomic E-state index is 0.279. The van der Waals surface area contributed by atoms with Crippen LogP contribution in [0, 0.1) is 11.6 Å². The van der Waals surface area contributed by atoms with Crippen molar-refractivity contribution in [2.45, 2.75) is 0 Å². The molecule has 9 heteroatoms. The number of allylic oxidation sites excluding steroid dienone is 1. The predicted molar refractivity (Wildman–Crippen MR) is 109 cm³/mol. The first-order chi connectivity index (χ1) is 14.5. The van der Waals surface area contributed by atoms with E-state index in [0.29, 0.717) is 40.3 Å². The van der Waals surface area contributed by atoms with Crippen molar-refractivity contribution in [3.8, 4) is 11.6 Å². The lowest BCUT2D eigenvalue weighted by atomic mass is 10.0. The van der Waals surface area contributed by atoms with Crippen molar-refractivity contribution >= 4 is 33.7 Å². The van der Waals surface area contributed by atoms with Crippen molar-refractivity contribution in [1.29, 1.82) is 0 Å². The third kappa shape index (κ3) is 2.55. The van der Waals surface area contributed by atoms with E-state index < -0.39 is 17.3 Å². The van der Waals surface area contributed by atoms with Crippen molar-refractivity contribution in [2.75, 3.05) is 13.7 Å². The molecule has 0 amide bonds. The Balaban J connectivity index is 1.94. The van der Waals surface area contributed by atoms with Gasteiger partial charge in [0.2, 0.25) is 0 Å². The molecule has 5 rings (SSSR count). The van der Waals surface area contributed by atoms with Crippen LogP contribution in [0.3, 0.4) is 0 Å². The summed E-state index contributed by atoms with van der Waals surface area (Å²) in [5.41, 5.74) is 2.60. The molecular weight excluding hydrogens is 392 g/mol. The van der Waals surface area contributed by atoms with Crippen molar-refractivity contribution in [3.63, 3.8) is 0 Å². The van der Waals surface area contributed by atoms with Gasteiger partial charge in [0, 0.05) is 41.9 Å². The van der Waals surface area contributed by atoms with Crippen LogP contribution in [0.1, 0.15) is 5.56 Å². The van der Waals surface area contributed by atoms with E-state index in [4.69, 9.17) is 4.74 Å². The Hall–Kier alpha value is -3.88. The smallest absolute Gasteiger partial charge is 0.334 e. The number of rotatable bonds is 3. The summed E-state index contributed by atoms with van der Waals surface area (Å²) in [5, 5.41) is 0.604. The van der Waals surface area contributed by atoms with E-state index in [1.807, 2.05) is 12.1 Å². The fraction of sp³-hybridized carbons (Fsp3) is 0.143. The molecule has 0 radical (unpaired) electrons. The summed E-state index contributed by atoms with van der Waals surface area (Å²) in [6.07, 6.45) is 6.11. The molecule has 0 atom stereocenters. The number of pyridine rings is 2. The molecule has 0 N–H and O–H groups in total. The summed E-state index contributed by atoms with van der Waals surface area (Å²) < 4.78 is 36.0. The third-order valence-electron chi connectivity index (χ3n) is 5.16. The topological polar surface area (TPSA) is 74.3 Å². The number of nitrogens with zero attached hydrogens (tertiary/aromatic N) is 5. The molecule has 0 saturated carbocycles. The lowest BCUT2D eigenvalue weighted by molar-refractivity contribution is 0.414. The molecule has 0 saturated heterocycles. The molecule has 0 bridgehead atoms. The van der Waals surface area contributed by atoms with Crippen LogP contribution in [0.5, 0.6) is 5.75 Å². The highest BCUT2D eigenvalue weighted by Crippen LogP contribution is 2.34. The number of hydrogen-bond acceptors (Lipinski definition) is 5.